The normalized spacial score (nSPS) is 12.8. The molecule has 1 atom stereocenters. The number of nitrogens with two attached hydrogens (primary N) is 1. The Labute approximate surface area is 68.5 Å². The molecule has 0 aliphatic carbocycles. The van der Waals surface area contributed by atoms with E-state index in [1.807, 2.05) is 0 Å². The van der Waals surface area contributed by atoms with Crippen molar-refractivity contribution in [2.24, 2.45) is 0 Å². The van der Waals surface area contributed by atoms with Crippen LogP contribution in [0, 0.1) is 0 Å². The van der Waals surface area contributed by atoms with Crippen molar-refractivity contribution in [2.75, 3.05) is 5.73 Å². The molecule has 1 rings (SSSR count). The number of rotatable bonds is 2. The Morgan fingerprint density at radius 1 is 1.82 bits per heavy atom. The fraction of sp³-hybridized carbons (Fsp3) is 0.286. The van der Waals surface area contributed by atoms with Crippen LogP contribution in [-0.4, -0.2) is 11.1 Å². The molecule has 0 fully saturated rings. The van der Waals surface area contributed by atoms with Gasteiger partial charge in [0.25, 0.3) is 0 Å². The monoisotopic (exact) mass is 171 g/mol. The molecule has 1 aromatic heterocycles. The summed E-state index contributed by atoms with van der Waals surface area (Å²) < 4.78 is 0. The molecule has 0 saturated carbocycles. The van der Waals surface area contributed by atoms with E-state index in [0.717, 1.165) is 0 Å². The first-order valence-corrected chi connectivity index (χ1v) is 4.06. The van der Waals surface area contributed by atoms with Crippen LogP contribution in [0.2, 0.25) is 0 Å². The van der Waals surface area contributed by atoms with Gasteiger partial charge in [0, 0.05) is 5.56 Å². The van der Waals surface area contributed by atoms with Crippen LogP contribution in [0.3, 0.4) is 0 Å². The number of nitrogen functional groups attached to an aromatic ring is 1. The Hall–Kier alpha value is -1.03. The number of carbonyl (C=O) groups is 1. The molecule has 3 nitrogen and oxygen atoms in total. The highest BCUT2D eigenvalue weighted by Crippen LogP contribution is 2.26. The van der Waals surface area contributed by atoms with Crippen LogP contribution in [0.5, 0.6) is 0 Å². The van der Waals surface area contributed by atoms with E-state index in [4.69, 9.17) is 10.8 Å². The Kier molecular flexibility index (Phi) is 2.14. The third-order valence-corrected chi connectivity index (χ3v) is 2.33. The fourth-order valence-corrected chi connectivity index (χ4v) is 1.56. The highest BCUT2D eigenvalue weighted by molar-refractivity contribution is 7.14. The van der Waals surface area contributed by atoms with Gasteiger partial charge in [-0.25, -0.2) is 0 Å². The number of anilines is 1. The molecular weight excluding hydrogens is 162 g/mol. The van der Waals surface area contributed by atoms with Crippen molar-refractivity contribution in [3.8, 4) is 0 Å². The molecule has 0 saturated heterocycles. The minimum atomic E-state index is -0.838. The van der Waals surface area contributed by atoms with Gasteiger partial charge in [0.15, 0.2) is 0 Å². The molecule has 3 N–H and O–H groups in total. The molecule has 0 aliphatic heterocycles. The maximum absolute atomic E-state index is 10.5. The van der Waals surface area contributed by atoms with Crippen LogP contribution in [0.4, 0.5) is 5.00 Å². The van der Waals surface area contributed by atoms with Crippen LogP contribution in [0.25, 0.3) is 0 Å². The predicted molar refractivity (Wildman–Crippen MR) is 44.8 cm³/mol. The lowest BCUT2D eigenvalue weighted by atomic mass is 10.1. The van der Waals surface area contributed by atoms with Crippen molar-refractivity contribution in [2.45, 2.75) is 12.8 Å². The smallest absolute Gasteiger partial charge is 0.310 e. The van der Waals surface area contributed by atoms with Gasteiger partial charge in [-0.3, -0.25) is 4.79 Å². The number of hydrogen-bond acceptors (Lipinski definition) is 3. The molecule has 0 aromatic carbocycles. The topological polar surface area (TPSA) is 63.3 Å². The molecule has 11 heavy (non-hydrogen) atoms. The SMILES string of the molecule is CC(C(=O)O)c1ccsc1N. The van der Waals surface area contributed by atoms with Crippen LogP contribution >= 0.6 is 11.3 Å². The Bertz CT molecular complexity index is 269. The average molecular weight is 171 g/mol. The van der Waals surface area contributed by atoms with Gasteiger partial charge in [-0.1, -0.05) is 0 Å². The van der Waals surface area contributed by atoms with Crippen molar-refractivity contribution in [3.63, 3.8) is 0 Å². The quantitative estimate of drug-likeness (QED) is 0.709. The molecule has 1 unspecified atom stereocenters. The molecular formula is C7H9NO2S. The van der Waals surface area contributed by atoms with Crippen molar-refractivity contribution in [1.29, 1.82) is 0 Å². The fourth-order valence-electron chi connectivity index (χ4n) is 0.822. The van der Waals surface area contributed by atoms with Crippen molar-refractivity contribution >= 4 is 22.3 Å². The van der Waals surface area contributed by atoms with E-state index in [-0.39, 0.29) is 0 Å². The lowest BCUT2D eigenvalue weighted by molar-refractivity contribution is -0.138. The Morgan fingerprint density at radius 2 is 2.45 bits per heavy atom. The third kappa shape index (κ3) is 1.51. The van der Waals surface area contributed by atoms with E-state index >= 15 is 0 Å². The van der Waals surface area contributed by atoms with Gasteiger partial charge in [-0.2, -0.15) is 0 Å². The van der Waals surface area contributed by atoms with Gasteiger partial charge in [0.1, 0.15) is 0 Å². The molecule has 60 valence electrons. The molecule has 0 radical (unpaired) electrons. The van der Waals surface area contributed by atoms with Crippen LogP contribution in [-0.2, 0) is 4.79 Å². The molecule has 0 aliphatic rings. The average Bonchev–Trinajstić information content (AvgIpc) is 2.33. The van der Waals surface area contributed by atoms with Crippen molar-refractivity contribution in [1.82, 2.24) is 0 Å². The maximum Gasteiger partial charge on any atom is 0.310 e. The second-order valence-electron chi connectivity index (χ2n) is 2.30. The molecule has 1 aromatic rings. The number of carboxylic acid groups (broad SMARTS) is 1. The van der Waals surface area contributed by atoms with E-state index in [1.165, 1.54) is 11.3 Å². The number of carboxylic acids is 1. The summed E-state index contributed by atoms with van der Waals surface area (Å²) >= 11 is 1.36. The second kappa shape index (κ2) is 2.92. The largest absolute Gasteiger partial charge is 0.481 e. The van der Waals surface area contributed by atoms with E-state index in [1.54, 1.807) is 18.4 Å². The van der Waals surface area contributed by atoms with E-state index < -0.39 is 11.9 Å². The molecule has 0 spiro atoms. The summed E-state index contributed by atoms with van der Waals surface area (Å²) in [6.45, 7) is 1.63. The van der Waals surface area contributed by atoms with Gasteiger partial charge < -0.3 is 10.8 Å². The van der Waals surface area contributed by atoms with Gasteiger partial charge >= 0.3 is 5.97 Å². The van der Waals surface area contributed by atoms with Gasteiger partial charge in [0.05, 0.1) is 10.9 Å². The number of aliphatic carboxylic acids is 1. The summed E-state index contributed by atoms with van der Waals surface area (Å²) in [7, 11) is 0. The number of thiophene rings is 1. The summed E-state index contributed by atoms with van der Waals surface area (Å²) in [5, 5.41) is 11.0. The Morgan fingerprint density at radius 3 is 2.82 bits per heavy atom. The zero-order chi connectivity index (χ0) is 8.43. The van der Waals surface area contributed by atoms with Crippen molar-refractivity contribution < 1.29 is 9.90 Å². The lowest BCUT2D eigenvalue weighted by Gasteiger charge is -2.03. The van der Waals surface area contributed by atoms with Gasteiger partial charge in [-0.05, 0) is 18.4 Å². The molecule has 0 amide bonds. The Balaban J connectivity index is 2.92. The first-order chi connectivity index (χ1) is 5.13. The molecule has 0 bridgehead atoms. The lowest BCUT2D eigenvalue weighted by Crippen LogP contribution is -2.07. The summed E-state index contributed by atoms with van der Waals surface area (Å²) in [6.07, 6.45) is 0. The van der Waals surface area contributed by atoms with Crippen LogP contribution < -0.4 is 5.73 Å². The van der Waals surface area contributed by atoms with E-state index in [2.05, 4.69) is 0 Å². The summed E-state index contributed by atoms with van der Waals surface area (Å²) in [6, 6.07) is 1.75. The maximum atomic E-state index is 10.5. The zero-order valence-electron chi connectivity index (χ0n) is 6.07. The first kappa shape index (κ1) is 8.07. The molecule has 1 heterocycles. The highest BCUT2D eigenvalue weighted by atomic mass is 32.1. The first-order valence-electron chi connectivity index (χ1n) is 3.18. The van der Waals surface area contributed by atoms with Gasteiger partial charge in [0.2, 0.25) is 0 Å². The standard InChI is InChI=1S/C7H9NO2S/c1-4(7(9)10)5-2-3-11-6(5)8/h2-4H,8H2,1H3,(H,9,10). The summed E-state index contributed by atoms with van der Waals surface area (Å²) in [5.41, 5.74) is 6.25. The summed E-state index contributed by atoms with van der Waals surface area (Å²) in [5.74, 6) is -1.34. The third-order valence-electron chi connectivity index (χ3n) is 1.56. The number of hydrogen-bond donors (Lipinski definition) is 2. The van der Waals surface area contributed by atoms with E-state index in [9.17, 15) is 4.79 Å². The zero-order valence-corrected chi connectivity index (χ0v) is 6.89. The highest BCUT2D eigenvalue weighted by Gasteiger charge is 2.16. The van der Waals surface area contributed by atoms with Crippen molar-refractivity contribution in [3.05, 3.63) is 17.0 Å². The van der Waals surface area contributed by atoms with Crippen LogP contribution in [0.15, 0.2) is 11.4 Å². The predicted octanol–water partition coefficient (Wildman–Crippen LogP) is 1.52. The minimum Gasteiger partial charge on any atom is -0.481 e. The summed E-state index contributed by atoms with van der Waals surface area (Å²) in [4.78, 5) is 10.5. The van der Waals surface area contributed by atoms with Crippen LogP contribution in [0.1, 0.15) is 18.4 Å². The van der Waals surface area contributed by atoms with Gasteiger partial charge in [-0.15, -0.1) is 11.3 Å². The second-order valence-corrected chi connectivity index (χ2v) is 3.25. The van der Waals surface area contributed by atoms with E-state index in [0.29, 0.717) is 10.6 Å². The molecule has 4 heteroatoms. The minimum absolute atomic E-state index is 0.499.